The maximum absolute atomic E-state index is 12.9. The van der Waals surface area contributed by atoms with Gasteiger partial charge in [-0.1, -0.05) is 34.1 Å². The van der Waals surface area contributed by atoms with Crippen molar-refractivity contribution in [1.29, 1.82) is 0 Å². The fourth-order valence-electron chi connectivity index (χ4n) is 2.80. The van der Waals surface area contributed by atoms with Gasteiger partial charge in [0.2, 0.25) is 0 Å². The molecule has 3 N–H and O–H groups in total. The van der Waals surface area contributed by atoms with E-state index in [1.165, 1.54) is 18.2 Å². The summed E-state index contributed by atoms with van der Waals surface area (Å²) >= 11 is 3.35. The molecule has 0 spiro atoms. The zero-order chi connectivity index (χ0) is 19.6. The Morgan fingerprint density at radius 2 is 1.93 bits per heavy atom. The summed E-state index contributed by atoms with van der Waals surface area (Å²) in [5, 5.41) is 18.9. The third-order valence-corrected chi connectivity index (χ3v) is 4.56. The van der Waals surface area contributed by atoms with Gasteiger partial charge in [0.1, 0.15) is 0 Å². The van der Waals surface area contributed by atoms with E-state index in [0.29, 0.717) is 17.0 Å². The minimum Gasteiger partial charge on any atom is -0.327 e. The molecule has 1 aliphatic rings. The van der Waals surface area contributed by atoms with Crippen LogP contribution >= 0.6 is 15.9 Å². The van der Waals surface area contributed by atoms with Gasteiger partial charge in [-0.05, 0) is 30.7 Å². The largest absolute Gasteiger partial charge is 0.327 e. The second-order valence-electron chi connectivity index (χ2n) is 5.88. The second kappa shape index (κ2) is 7.58. The average Bonchev–Trinajstić information content (AvgIpc) is 2.61. The van der Waals surface area contributed by atoms with E-state index in [1.54, 1.807) is 25.1 Å². The van der Waals surface area contributed by atoms with Gasteiger partial charge in [-0.25, -0.2) is 4.79 Å². The number of rotatable bonds is 4. The summed E-state index contributed by atoms with van der Waals surface area (Å²) in [6.07, 6.45) is 0. The van der Waals surface area contributed by atoms with Crippen LogP contribution < -0.4 is 16.0 Å². The summed E-state index contributed by atoms with van der Waals surface area (Å²) in [4.78, 5) is 35.2. The van der Waals surface area contributed by atoms with Gasteiger partial charge in [-0.3, -0.25) is 14.9 Å². The molecule has 1 aliphatic heterocycles. The monoisotopic (exact) mass is 430 g/mol. The molecule has 0 fully saturated rings. The number of halogens is 1. The van der Waals surface area contributed by atoms with E-state index in [9.17, 15) is 19.7 Å². The van der Waals surface area contributed by atoms with Crippen LogP contribution in [0, 0.1) is 10.1 Å². The molecule has 1 heterocycles. The highest BCUT2D eigenvalue weighted by molar-refractivity contribution is 9.10. The fraction of sp³-hybridized carbons (Fsp3) is 0.111. The first-order valence-electron chi connectivity index (χ1n) is 7.94. The van der Waals surface area contributed by atoms with Crippen molar-refractivity contribution in [1.82, 2.24) is 10.6 Å². The van der Waals surface area contributed by atoms with Gasteiger partial charge < -0.3 is 16.0 Å². The van der Waals surface area contributed by atoms with Crippen molar-refractivity contribution < 1.29 is 14.5 Å². The Kier molecular flexibility index (Phi) is 5.22. The standard InChI is InChI=1S/C18H15BrN4O4/c1-10-15(17(24)21-13-3-2-4-14(9-13)23(26)27)16(22-18(25)20-10)11-5-7-12(19)8-6-11/h2-9,16H,1H3,(H,21,24)(H2,20,22,25)/t16-/m1/s1. The van der Waals surface area contributed by atoms with E-state index in [-0.39, 0.29) is 5.69 Å². The maximum atomic E-state index is 12.9. The van der Waals surface area contributed by atoms with Gasteiger partial charge in [0.25, 0.3) is 11.6 Å². The van der Waals surface area contributed by atoms with Gasteiger partial charge in [-0.2, -0.15) is 0 Å². The number of benzene rings is 2. The molecule has 2 aromatic rings. The number of hydrogen-bond donors (Lipinski definition) is 3. The van der Waals surface area contributed by atoms with Crippen LogP contribution in [0.4, 0.5) is 16.2 Å². The van der Waals surface area contributed by atoms with Crippen LogP contribution in [-0.4, -0.2) is 16.9 Å². The van der Waals surface area contributed by atoms with Crippen molar-refractivity contribution in [3.05, 3.63) is 80.0 Å². The van der Waals surface area contributed by atoms with Crippen LogP contribution in [0.1, 0.15) is 18.5 Å². The number of hydrogen-bond acceptors (Lipinski definition) is 4. The molecule has 0 aromatic heterocycles. The van der Waals surface area contributed by atoms with Crippen molar-refractivity contribution >= 4 is 39.2 Å². The number of amides is 3. The molecule has 8 nitrogen and oxygen atoms in total. The number of carbonyl (C=O) groups excluding carboxylic acids is 2. The Morgan fingerprint density at radius 1 is 1.22 bits per heavy atom. The Hall–Kier alpha value is -3.20. The lowest BCUT2D eigenvalue weighted by atomic mass is 9.95. The van der Waals surface area contributed by atoms with Gasteiger partial charge in [0, 0.05) is 28.0 Å². The first-order valence-corrected chi connectivity index (χ1v) is 8.74. The summed E-state index contributed by atoms with van der Waals surface area (Å²) in [5.41, 5.74) is 1.63. The van der Waals surface area contributed by atoms with E-state index in [2.05, 4.69) is 31.9 Å². The quantitative estimate of drug-likeness (QED) is 0.507. The van der Waals surface area contributed by atoms with Gasteiger partial charge in [-0.15, -0.1) is 0 Å². The lowest BCUT2D eigenvalue weighted by Gasteiger charge is -2.28. The highest BCUT2D eigenvalue weighted by Gasteiger charge is 2.31. The minimum atomic E-state index is -0.648. The normalized spacial score (nSPS) is 16.4. The molecule has 3 amide bonds. The van der Waals surface area contributed by atoms with Crippen LogP contribution in [0.3, 0.4) is 0 Å². The zero-order valence-electron chi connectivity index (χ0n) is 14.2. The third-order valence-electron chi connectivity index (χ3n) is 4.03. The summed E-state index contributed by atoms with van der Waals surface area (Å²) in [6.45, 7) is 1.63. The Morgan fingerprint density at radius 3 is 2.59 bits per heavy atom. The Labute approximate surface area is 162 Å². The molecule has 0 saturated carbocycles. The number of carbonyl (C=O) groups is 2. The molecule has 1 atom stereocenters. The van der Waals surface area contributed by atoms with Gasteiger partial charge >= 0.3 is 6.03 Å². The number of nitrogens with zero attached hydrogens (tertiary/aromatic N) is 1. The third kappa shape index (κ3) is 4.14. The molecular formula is C18H15BrN4O4. The van der Waals surface area contributed by atoms with Crippen molar-refractivity contribution in [2.45, 2.75) is 13.0 Å². The smallest absolute Gasteiger partial charge is 0.319 e. The second-order valence-corrected chi connectivity index (χ2v) is 6.80. The maximum Gasteiger partial charge on any atom is 0.319 e. The fourth-order valence-corrected chi connectivity index (χ4v) is 3.06. The van der Waals surface area contributed by atoms with Gasteiger partial charge in [0.15, 0.2) is 0 Å². The van der Waals surface area contributed by atoms with Crippen LogP contribution in [0.2, 0.25) is 0 Å². The Balaban J connectivity index is 1.93. The molecular weight excluding hydrogens is 416 g/mol. The van der Waals surface area contributed by atoms with Crippen molar-refractivity contribution in [2.24, 2.45) is 0 Å². The van der Waals surface area contributed by atoms with E-state index in [0.717, 1.165) is 10.0 Å². The first kappa shape index (κ1) is 18.6. The van der Waals surface area contributed by atoms with E-state index in [4.69, 9.17) is 0 Å². The van der Waals surface area contributed by atoms with E-state index in [1.807, 2.05) is 12.1 Å². The minimum absolute atomic E-state index is 0.127. The average molecular weight is 431 g/mol. The van der Waals surface area contributed by atoms with Crippen molar-refractivity contribution in [2.75, 3.05) is 5.32 Å². The lowest BCUT2D eigenvalue weighted by molar-refractivity contribution is -0.384. The molecule has 0 bridgehead atoms. The molecule has 138 valence electrons. The first-order chi connectivity index (χ1) is 12.8. The number of urea groups is 1. The number of non-ortho nitro benzene ring substituents is 1. The molecule has 0 unspecified atom stereocenters. The highest BCUT2D eigenvalue weighted by atomic mass is 79.9. The predicted molar refractivity (Wildman–Crippen MR) is 103 cm³/mol. The van der Waals surface area contributed by atoms with Crippen LogP contribution in [-0.2, 0) is 4.79 Å². The van der Waals surface area contributed by atoms with Crippen LogP contribution in [0.25, 0.3) is 0 Å². The van der Waals surface area contributed by atoms with Crippen LogP contribution in [0.15, 0.2) is 64.3 Å². The topological polar surface area (TPSA) is 113 Å². The molecule has 9 heteroatoms. The van der Waals surface area contributed by atoms with Crippen molar-refractivity contribution in [3.8, 4) is 0 Å². The number of anilines is 1. The molecule has 0 radical (unpaired) electrons. The van der Waals surface area contributed by atoms with Crippen LogP contribution in [0.5, 0.6) is 0 Å². The summed E-state index contributed by atoms with van der Waals surface area (Å²) in [5.74, 6) is -0.464. The molecule has 0 aliphatic carbocycles. The number of allylic oxidation sites excluding steroid dienone is 1. The number of nitrogens with one attached hydrogen (secondary N) is 3. The number of nitro benzene ring substituents is 1. The molecule has 0 saturated heterocycles. The lowest BCUT2D eigenvalue weighted by Crippen LogP contribution is -2.45. The predicted octanol–water partition coefficient (Wildman–Crippen LogP) is 3.62. The number of nitro groups is 1. The zero-order valence-corrected chi connectivity index (χ0v) is 15.7. The van der Waals surface area contributed by atoms with Crippen molar-refractivity contribution in [3.63, 3.8) is 0 Å². The van der Waals surface area contributed by atoms with E-state index >= 15 is 0 Å². The summed E-state index contributed by atoms with van der Waals surface area (Å²) in [6, 6.07) is 11.8. The molecule has 2 aromatic carbocycles. The van der Waals surface area contributed by atoms with E-state index < -0.39 is 22.9 Å². The summed E-state index contributed by atoms with van der Waals surface area (Å²) < 4.78 is 0.870. The SMILES string of the molecule is CC1=C(C(=O)Nc2cccc([N+](=O)[O-])c2)[C@@H](c2ccc(Br)cc2)NC(=O)N1. The summed E-state index contributed by atoms with van der Waals surface area (Å²) in [7, 11) is 0. The molecule has 27 heavy (non-hydrogen) atoms. The highest BCUT2D eigenvalue weighted by Crippen LogP contribution is 2.29. The molecule has 3 rings (SSSR count). The Bertz CT molecular complexity index is 956. The van der Waals surface area contributed by atoms with Gasteiger partial charge in [0.05, 0.1) is 16.5 Å².